The molecule has 2 heterocycles. The van der Waals surface area contributed by atoms with Crippen LogP contribution in [0.1, 0.15) is 16.3 Å². The molecule has 0 spiro atoms. The van der Waals surface area contributed by atoms with Crippen LogP contribution >= 0.6 is 11.3 Å². The molecule has 2 aromatic heterocycles. The number of thiazole rings is 1. The number of hydrogen-bond donors (Lipinski definition) is 2. The Morgan fingerprint density at radius 3 is 2.75 bits per heavy atom. The van der Waals surface area contributed by atoms with E-state index in [1.807, 2.05) is 11.4 Å². The first kappa shape index (κ1) is 16.2. The van der Waals surface area contributed by atoms with Gasteiger partial charge in [-0.2, -0.15) is 0 Å². The Morgan fingerprint density at radius 1 is 1.33 bits per heavy atom. The van der Waals surface area contributed by atoms with Gasteiger partial charge in [0, 0.05) is 28.9 Å². The van der Waals surface area contributed by atoms with Gasteiger partial charge in [0.25, 0.3) is 10.0 Å². The van der Waals surface area contributed by atoms with E-state index in [9.17, 15) is 13.2 Å². The van der Waals surface area contributed by atoms with Crippen molar-refractivity contribution in [1.82, 2.24) is 4.98 Å². The zero-order valence-electron chi connectivity index (χ0n) is 12.4. The monoisotopic (exact) mass is 364 g/mol. The lowest BCUT2D eigenvalue weighted by Crippen LogP contribution is -2.13. The number of hydrogen-bond acceptors (Lipinski definition) is 6. The summed E-state index contributed by atoms with van der Waals surface area (Å²) in [6, 6.07) is 7.78. The van der Waals surface area contributed by atoms with Crippen LogP contribution in [-0.4, -0.2) is 24.5 Å². The summed E-state index contributed by atoms with van der Waals surface area (Å²) in [6.07, 6.45) is 1.67. The second-order valence-electron chi connectivity index (χ2n) is 4.86. The number of nitrogens with one attached hydrogen (secondary N) is 1. The van der Waals surface area contributed by atoms with Gasteiger partial charge in [-0.1, -0.05) is 12.1 Å². The van der Waals surface area contributed by atoms with Crippen LogP contribution in [0.15, 0.2) is 51.2 Å². The molecule has 0 fully saturated rings. The lowest BCUT2D eigenvalue weighted by atomic mass is 10.2. The maximum Gasteiger partial charge on any atom is 0.371 e. The van der Waals surface area contributed by atoms with E-state index >= 15 is 0 Å². The van der Waals surface area contributed by atoms with Crippen LogP contribution in [-0.2, 0) is 10.0 Å². The number of furan rings is 1. The third-order valence-electron chi connectivity index (χ3n) is 3.17. The van der Waals surface area contributed by atoms with E-state index in [2.05, 4.69) is 9.71 Å². The van der Waals surface area contributed by atoms with E-state index in [-0.39, 0.29) is 10.7 Å². The number of benzene rings is 1. The van der Waals surface area contributed by atoms with E-state index in [0.29, 0.717) is 5.69 Å². The molecular weight excluding hydrogens is 352 g/mol. The van der Waals surface area contributed by atoms with E-state index in [1.165, 1.54) is 18.3 Å². The molecule has 3 rings (SSSR count). The summed E-state index contributed by atoms with van der Waals surface area (Å²) >= 11 is 1.44. The normalized spacial score (nSPS) is 11.4. The van der Waals surface area contributed by atoms with Crippen LogP contribution in [0, 0.1) is 6.92 Å². The number of aryl methyl sites for hydroxylation is 1. The topological polar surface area (TPSA) is 109 Å². The number of carboxylic acids is 1. The molecule has 7 nitrogen and oxygen atoms in total. The van der Waals surface area contributed by atoms with Crippen molar-refractivity contribution in [2.75, 3.05) is 4.72 Å². The van der Waals surface area contributed by atoms with Crippen molar-refractivity contribution in [1.29, 1.82) is 0 Å². The summed E-state index contributed by atoms with van der Waals surface area (Å²) < 4.78 is 32.3. The fraction of sp³-hybridized carbons (Fsp3) is 0.0667. The number of anilines is 1. The van der Waals surface area contributed by atoms with Crippen LogP contribution in [0.4, 0.5) is 5.69 Å². The van der Waals surface area contributed by atoms with Crippen molar-refractivity contribution >= 4 is 33.0 Å². The second kappa shape index (κ2) is 6.10. The summed E-state index contributed by atoms with van der Waals surface area (Å²) in [6.45, 7) is 1.40. The summed E-state index contributed by atoms with van der Waals surface area (Å²) in [5, 5.41) is 11.5. The number of carbonyl (C=O) groups is 1. The Morgan fingerprint density at radius 2 is 2.12 bits per heavy atom. The van der Waals surface area contributed by atoms with Crippen molar-refractivity contribution in [3.63, 3.8) is 0 Å². The Labute approximate surface area is 141 Å². The minimum absolute atomic E-state index is 0.0102. The Kier molecular flexibility index (Phi) is 4.12. The number of rotatable bonds is 5. The summed E-state index contributed by atoms with van der Waals surface area (Å²) in [5.41, 5.74) is 1.13. The highest BCUT2D eigenvalue weighted by atomic mass is 32.2. The largest absolute Gasteiger partial charge is 0.475 e. The molecule has 0 bridgehead atoms. The van der Waals surface area contributed by atoms with Gasteiger partial charge in [0.1, 0.15) is 15.7 Å². The van der Waals surface area contributed by atoms with Gasteiger partial charge < -0.3 is 9.52 Å². The highest BCUT2D eigenvalue weighted by molar-refractivity contribution is 7.92. The van der Waals surface area contributed by atoms with E-state index in [0.717, 1.165) is 16.6 Å². The van der Waals surface area contributed by atoms with Gasteiger partial charge in [0.2, 0.25) is 5.76 Å². The zero-order chi connectivity index (χ0) is 17.3. The van der Waals surface area contributed by atoms with E-state index < -0.39 is 21.8 Å². The highest BCUT2D eigenvalue weighted by Gasteiger charge is 2.24. The third kappa shape index (κ3) is 3.17. The van der Waals surface area contributed by atoms with Gasteiger partial charge in [-0.25, -0.2) is 18.2 Å². The number of nitrogens with zero attached hydrogens (tertiary/aromatic N) is 1. The number of aromatic carboxylic acids is 1. The summed E-state index contributed by atoms with van der Waals surface area (Å²) in [5.74, 6) is -1.74. The minimum atomic E-state index is -3.97. The smallest absolute Gasteiger partial charge is 0.371 e. The van der Waals surface area contributed by atoms with Gasteiger partial charge in [-0.3, -0.25) is 4.72 Å². The van der Waals surface area contributed by atoms with Crippen LogP contribution in [0.2, 0.25) is 0 Å². The first-order chi connectivity index (χ1) is 11.4. The van der Waals surface area contributed by atoms with Gasteiger partial charge in [-0.05, 0) is 19.1 Å². The van der Waals surface area contributed by atoms with Gasteiger partial charge in [0.15, 0.2) is 0 Å². The SMILES string of the molecule is Cc1oc(C(=O)O)cc1S(=O)(=O)Nc1cccc(-c2nccs2)c1. The molecule has 0 amide bonds. The molecule has 0 aliphatic heterocycles. The highest BCUT2D eigenvalue weighted by Crippen LogP contribution is 2.27. The maximum absolute atomic E-state index is 12.5. The summed E-state index contributed by atoms with van der Waals surface area (Å²) in [4.78, 5) is 14.9. The predicted octanol–water partition coefficient (Wildman–Crippen LogP) is 3.21. The third-order valence-corrected chi connectivity index (χ3v) is 5.48. The molecule has 2 N–H and O–H groups in total. The first-order valence-corrected chi connectivity index (χ1v) is 9.09. The first-order valence-electron chi connectivity index (χ1n) is 6.73. The zero-order valence-corrected chi connectivity index (χ0v) is 14.0. The Hall–Kier alpha value is -2.65. The molecule has 3 aromatic rings. The molecule has 0 aliphatic rings. The molecule has 0 unspecified atom stereocenters. The van der Waals surface area contributed by atoms with Crippen molar-refractivity contribution in [2.24, 2.45) is 0 Å². The van der Waals surface area contributed by atoms with Crippen molar-refractivity contribution < 1.29 is 22.7 Å². The van der Waals surface area contributed by atoms with Crippen molar-refractivity contribution in [3.8, 4) is 10.6 Å². The van der Waals surface area contributed by atoms with Gasteiger partial charge in [-0.15, -0.1) is 11.3 Å². The molecule has 0 aliphatic carbocycles. The molecular formula is C15H12N2O5S2. The lowest BCUT2D eigenvalue weighted by molar-refractivity contribution is 0.0661. The van der Waals surface area contributed by atoms with Crippen LogP contribution in [0.5, 0.6) is 0 Å². The molecule has 1 aromatic carbocycles. The average Bonchev–Trinajstić information content (AvgIpc) is 3.16. The van der Waals surface area contributed by atoms with Gasteiger partial charge in [0.05, 0.1) is 0 Å². The molecule has 0 atom stereocenters. The van der Waals surface area contributed by atoms with Gasteiger partial charge >= 0.3 is 5.97 Å². The number of carboxylic acid groups (broad SMARTS) is 1. The minimum Gasteiger partial charge on any atom is -0.475 e. The second-order valence-corrected chi connectivity index (χ2v) is 7.41. The number of aromatic nitrogens is 1. The fourth-order valence-electron chi connectivity index (χ4n) is 2.13. The molecule has 124 valence electrons. The maximum atomic E-state index is 12.5. The molecule has 0 radical (unpaired) electrons. The standard InChI is InChI=1S/C15H12N2O5S2/c1-9-13(8-12(22-9)15(18)19)24(20,21)17-11-4-2-3-10(7-11)14-16-5-6-23-14/h2-8,17H,1H3,(H,18,19). The lowest BCUT2D eigenvalue weighted by Gasteiger charge is -2.08. The van der Waals surface area contributed by atoms with Crippen LogP contribution in [0.25, 0.3) is 10.6 Å². The van der Waals surface area contributed by atoms with Crippen LogP contribution < -0.4 is 4.72 Å². The molecule has 24 heavy (non-hydrogen) atoms. The molecule has 9 heteroatoms. The van der Waals surface area contributed by atoms with Crippen molar-refractivity contribution in [3.05, 3.63) is 53.4 Å². The van der Waals surface area contributed by atoms with E-state index in [1.54, 1.807) is 24.4 Å². The predicted molar refractivity (Wildman–Crippen MR) is 88.8 cm³/mol. The number of sulfonamides is 1. The quantitative estimate of drug-likeness (QED) is 0.719. The van der Waals surface area contributed by atoms with Crippen molar-refractivity contribution in [2.45, 2.75) is 11.8 Å². The molecule has 0 saturated heterocycles. The van der Waals surface area contributed by atoms with Crippen LogP contribution in [0.3, 0.4) is 0 Å². The average molecular weight is 364 g/mol. The van der Waals surface area contributed by atoms with E-state index in [4.69, 9.17) is 9.52 Å². The Bertz CT molecular complexity index is 991. The fourth-order valence-corrected chi connectivity index (χ4v) is 3.99. The Balaban J connectivity index is 1.93. The summed E-state index contributed by atoms with van der Waals surface area (Å²) in [7, 11) is -3.97. The molecule has 0 saturated carbocycles.